The maximum atomic E-state index is 7.42. The van der Waals surface area contributed by atoms with E-state index in [1.165, 1.54) is 49.8 Å². The summed E-state index contributed by atoms with van der Waals surface area (Å²) in [6.45, 7) is 7.91. The Morgan fingerprint density at radius 2 is 1.54 bits per heavy atom. The Hall–Kier alpha value is -1.41. The van der Waals surface area contributed by atoms with Gasteiger partial charge in [0.1, 0.15) is 0 Å². The van der Waals surface area contributed by atoms with Crippen molar-refractivity contribution in [2.24, 2.45) is 5.41 Å². The normalized spacial score (nSPS) is 15.8. The van der Waals surface area contributed by atoms with E-state index < -0.39 is 8.32 Å². The summed E-state index contributed by atoms with van der Waals surface area (Å²) in [5.41, 5.74) is 2.84. The monoisotopic (exact) mass is 657 g/mol. The summed E-state index contributed by atoms with van der Waals surface area (Å²) < 4.78 is 9.80. The lowest BCUT2D eigenvalue weighted by molar-refractivity contribution is 0.0531. The molecule has 0 unspecified atom stereocenters. The Labute approximate surface area is 232 Å². The van der Waals surface area contributed by atoms with E-state index in [9.17, 15) is 0 Å². The van der Waals surface area contributed by atoms with Crippen LogP contribution in [0, 0.1) is 9.12 Å². The second kappa shape index (κ2) is 9.80. The molecule has 1 aliphatic rings. The van der Waals surface area contributed by atoms with Gasteiger partial charge in [-0.15, -0.1) is 0 Å². The van der Waals surface area contributed by atoms with Crippen molar-refractivity contribution in [3.63, 3.8) is 0 Å². The SMILES string of the molecule is CC(C)(C)[Si](OCC1(Cc2c(I)[nH]c3ccc(Br)cc23)CCC1)(c1ccccc1)c1ccccc1. The number of aromatic amines is 1. The fraction of sp³-hybridized carbons (Fsp3) is 0.333. The summed E-state index contributed by atoms with van der Waals surface area (Å²) in [4.78, 5) is 3.61. The molecule has 5 heteroatoms. The molecule has 1 aliphatic carbocycles. The summed E-state index contributed by atoms with van der Waals surface area (Å²) in [5.74, 6) is 0. The molecule has 0 radical (unpaired) electrons. The highest BCUT2D eigenvalue weighted by Crippen LogP contribution is 2.47. The summed E-state index contributed by atoms with van der Waals surface area (Å²) in [7, 11) is -2.54. The number of hydrogen-bond donors (Lipinski definition) is 1. The van der Waals surface area contributed by atoms with E-state index in [1.54, 1.807) is 0 Å². The molecular formula is C30H33BrINOSi. The maximum Gasteiger partial charge on any atom is 0.261 e. The van der Waals surface area contributed by atoms with Gasteiger partial charge in [-0.05, 0) is 86.4 Å². The fourth-order valence-electron chi connectivity index (χ4n) is 5.81. The number of hydrogen-bond acceptors (Lipinski definition) is 1. The van der Waals surface area contributed by atoms with Crippen molar-refractivity contribution in [1.29, 1.82) is 0 Å². The van der Waals surface area contributed by atoms with Crippen LogP contribution in [0.25, 0.3) is 10.9 Å². The molecular weight excluding hydrogens is 625 g/mol. The standard InChI is InChI=1S/C30H33BrINOSi/c1-29(2,3)35(23-11-6-4-7-12-23,24-13-8-5-9-14-24)34-21-30(17-10-18-30)20-26-25-19-22(31)15-16-27(25)33-28(26)32/h4-9,11-16,19,33H,10,17-18,20-21H2,1-3H3. The van der Waals surface area contributed by atoms with Gasteiger partial charge in [0.05, 0.1) is 3.70 Å². The van der Waals surface area contributed by atoms with Crippen LogP contribution in [0.4, 0.5) is 0 Å². The van der Waals surface area contributed by atoms with Crippen LogP contribution >= 0.6 is 38.5 Å². The third kappa shape index (κ3) is 4.69. The van der Waals surface area contributed by atoms with Crippen molar-refractivity contribution < 1.29 is 4.43 Å². The minimum absolute atomic E-state index is 0.000707. The second-order valence-corrected chi connectivity index (χ2v) is 17.4. The fourth-order valence-corrected chi connectivity index (χ4v) is 11.6. The summed E-state index contributed by atoms with van der Waals surface area (Å²) in [6.07, 6.45) is 4.79. The average molecular weight is 658 g/mol. The number of halogens is 2. The first kappa shape index (κ1) is 25.2. The molecule has 1 N–H and O–H groups in total. The van der Waals surface area contributed by atoms with Crippen molar-refractivity contribution in [1.82, 2.24) is 4.98 Å². The molecule has 0 spiro atoms. The van der Waals surface area contributed by atoms with Gasteiger partial charge in [-0.25, -0.2) is 0 Å². The molecule has 1 fully saturated rings. The van der Waals surface area contributed by atoms with E-state index in [1.807, 2.05) is 0 Å². The van der Waals surface area contributed by atoms with Crippen molar-refractivity contribution in [2.75, 3.05) is 6.61 Å². The molecule has 3 aromatic carbocycles. The lowest BCUT2D eigenvalue weighted by Crippen LogP contribution is -2.67. The zero-order valence-corrected chi connectivity index (χ0v) is 25.4. The van der Waals surface area contributed by atoms with Crippen molar-refractivity contribution >= 4 is 68.1 Å². The zero-order valence-electron chi connectivity index (χ0n) is 20.7. The van der Waals surface area contributed by atoms with E-state index in [4.69, 9.17) is 4.43 Å². The molecule has 5 rings (SSSR count). The summed E-state index contributed by atoms with van der Waals surface area (Å²) >= 11 is 6.16. The number of aromatic nitrogens is 1. The predicted molar refractivity (Wildman–Crippen MR) is 162 cm³/mol. The molecule has 4 aromatic rings. The first-order chi connectivity index (χ1) is 16.7. The minimum Gasteiger partial charge on any atom is -0.407 e. The molecule has 1 aromatic heterocycles. The van der Waals surface area contributed by atoms with E-state index in [0.717, 1.165) is 17.5 Å². The van der Waals surface area contributed by atoms with Gasteiger partial charge in [0, 0.05) is 22.0 Å². The van der Waals surface area contributed by atoms with Gasteiger partial charge in [0.2, 0.25) is 0 Å². The van der Waals surface area contributed by atoms with Gasteiger partial charge in [-0.2, -0.15) is 0 Å². The molecule has 0 aliphatic heterocycles. The van der Waals surface area contributed by atoms with Crippen LogP contribution in [0.2, 0.25) is 5.04 Å². The summed E-state index contributed by atoms with van der Waals surface area (Å²) in [6, 6.07) is 28.6. The van der Waals surface area contributed by atoms with Crippen LogP contribution in [0.1, 0.15) is 45.6 Å². The number of rotatable bonds is 7. The van der Waals surface area contributed by atoms with Crippen molar-refractivity contribution in [2.45, 2.75) is 51.5 Å². The molecule has 0 atom stereocenters. The zero-order chi connectivity index (χ0) is 24.7. The Balaban J connectivity index is 1.54. The van der Waals surface area contributed by atoms with Gasteiger partial charge in [-0.3, -0.25) is 0 Å². The number of H-pyrrole nitrogens is 1. The smallest absolute Gasteiger partial charge is 0.261 e. The van der Waals surface area contributed by atoms with Gasteiger partial charge >= 0.3 is 0 Å². The quantitative estimate of drug-likeness (QED) is 0.159. The van der Waals surface area contributed by atoms with Gasteiger partial charge in [0.25, 0.3) is 8.32 Å². The van der Waals surface area contributed by atoms with Crippen molar-refractivity contribution in [3.8, 4) is 0 Å². The molecule has 35 heavy (non-hydrogen) atoms. The topological polar surface area (TPSA) is 25.0 Å². The number of nitrogens with one attached hydrogen (secondary N) is 1. The predicted octanol–water partition coefficient (Wildman–Crippen LogP) is 7.82. The Morgan fingerprint density at radius 3 is 2.06 bits per heavy atom. The van der Waals surface area contributed by atoms with Crippen LogP contribution in [0.3, 0.4) is 0 Å². The van der Waals surface area contributed by atoms with Crippen LogP contribution in [-0.4, -0.2) is 19.9 Å². The molecule has 182 valence electrons. The van der Waals surface area contributed by atoms with Crippen LogP contribution in [0.15, 0.2) is 83.3 Å². The lowest BCUT2D eigenvalue weighted by Gasteiger charge is -2.48. The highest BCUT2D eigenvalue weighted by atomic mass is 127. The average Bonchev–Trinajstić information content (AvgIpc) is 3.12. The number of fused-ring (bicyclic) bond motifs is 1. The Kier molecular flexibility index (Phi) is 7.07. The van der Waals surface area contributed by atoms with E-state index in [2.05, 4.69) is 143 Å². The minimum atomic E-state index is -2.54. The molecule has 0 saturated heterocycles. The second-order valence-electron chi connectivity index (χ2n) is 11.1. The van der Waals surface area contributed by atoms with Crippen LogP contribution < -0.4 is 10.4 Å². The Bertz CT molecular complexity index is 1270. The molecule has 1 saturated carbocycles. The summed E-state index contributed by atoms with van der Waals surface area (Å²) in [5, 5.41) is 4.05. The first-order valence-corrected chi connectivity index (χ1v) is 16.2. The van der Waals surface area contributed by atoms with Crippen LogP contribution in [0.5, 0.6) is 0 Å². The third-order valence-corrected chi connectivity index (χ3v) is 14.2. The lowest BCUT2D eigenvalue weighted by atomic mass is 9.66. The van der Waals surface area contributed by atoms with Gasteiger partial charge < -0.3 is 9.41 Å². The van der Waals surface area contributed by atoms with Crippen molar-refractivity contribution in [3.05, 3.63) is 92.6 Å². The van der Waals surface area contributed by atoms with E-state index in [-0.39, 0.29) is 10.5 Å². The van der Waals surface area contributed by atoms with E-state index >= 15 is 0 Å². The largest absolute Gasteiger partial charge is 0.407 e. The van der Waals surface area contributed by atoms with Gasteiger partial charge in [0.15, 0.2) is 0 Å². The van der Waals surface area contributed by atoms with E-state index in [0.29, 0.717) is 0 Å². The van der Waals surface area contributed by atoms with Gasteiger partial charge in [-0.1, -0.05) is 104 Å². The van der Waals surface area contributed by atoms with Crippen LogP contribution in [-0.2, 0) is 10.8 Å². The highest BCUT2D eigenvalue weighted by Gasteiger charge is 2.52. The molecule has 0 bridgehead atoms. The number of benzene rings is 3. The molecule has 0 amide bonds. The third-order valence-electron chi connectivity index (χ3n) is 7.79. The maximum absolute atomic E-state index is 7.42. The first-order valence-electron chi connectivity index (χ1n) is 12.4. The molecule has 2 nitrogen and oxygen atoms in total. The molecule has 1 heterocycles. The highest BCUT2D eigenvalue weighted by molar-refractivity contribution is 14.1. The Morgan fingerprint density at radius 1 is 0.943 bits per heavy atom.